The van der Waals surface area contributed by atoms with E-state index in [2.05, 4.69) is 34.4 Å². The molecule has 1 heterocycles. The van der Waals surface area contributed by atoms with Gasteiger partial charge in [-0.2, -0.15) is 0 Å². The fraction of sp³-hybridized carbons (Fsp3) is 0.444. The van der Waals surface area contributed by atoms with Gasteiger partial charge in [-0.15, -0.1) is 0 Å². The number of pyridine rings is 1. The summed E-state index contributed by atoms with van der Waals surface area (Å²) in [5, 5.41) is 3.07. The van der Waals surface area contributed by atoms with Gasteiger partial charge in [-0.3, -0.25) is 0 Å². The van der Waals surface area contributed by atoms with E-state index in [1.807, 2.05) is 7.05 Å². The van der Waals surface area contributed by atoms with E-state index in [0.29, 0.717) is 0 Å². The Morgan fingerprint density at radius 2 is 2.08 bits per heavy atom. The van der Waals surface area contributed by atoms with Crippen molar-refractivity contribution >= 4 is 5.69 Å². The topological polar surface area (TPSA) is 41.9 Å². The van der Waals surface area contributed by atoms with Crippen LogP contribution < -0.4 is 15.6 Å². The summed E-state index contributed by atoms with van der Waals surface area (Å²) in [4.78, 5) is 0. The number of aryl methyl sites for hydroxylation is 1. The molecule has 0 spiro atoms. The van der Waals surface area contributed by atoms with Gasteiger partial charge in [-0.05, 0) is 6.54 Å². The Morgan fingerprint density at radius 1 is 1.42 bits per heavy atom. The van der Waals surface area contributed by atoms with Crippen molar-refractivity contribution in [2.45, 2.75) is 13.0 Å². The van der Waals surface area contributed by atoms with Gasteiger partial charge < -0.3 is 11.1 Å². The first-order chi connectivity index (χ1) is 5.86. The Morgan fingerprint density at radius 3 is 2.58 bits per heavy atom. The van der Waals surface area contributed by atoms with Gasteiger partial charge in [-0.1, -0.05) is 0 Å². The minimum atomic E-state index is 0.751. The number of nitrogens with two attached hydrogens (primary N) is 1. The summed E-state index contributed by atoms with van der Waals surface area (Å²) in [7, 11) is 1.92. The van der Waals surface area contributed by atoms with E-state index in [9.17, 15) is 0 Å². The predicted molar refractivity (Wildman–Crippen MR) is 49.9 cm³/mol. The molecule has 0 amide bonds. The standard InChI is InChI=1S/C9H15N3/c1-11-9-3-7-12(8-4-9)6-2-5-10/h3-4,7-8H,2,5-6,10H2,1H3/p+1. The van der Waals surface area contributed by atoms with E-state index >= 15 is 0 Å². The average molecular weight is 166 g/mol. The lowest BCUT2D eigenvalue weighted by Crippen LogP contribution is -2.33. The number of anilines is 1. The van der Waals surface area contributed by atoms with Gasteiger partial charge in [-0.25, -0.2) is 4.57 Å². The third-order valence-electron chi connectivity index (χ3n) is 1.80. The number of rotatable bonds is 4. The van der Waals surface area contributed by atoms with Crippen LogP contribution in [0.2, 0.25) is 0 Å². The highest BCUT2D eigenvalue weighted by Crippen LogP contribution is 1.99. The summed E-state index contributed by atoms with van der Waals surface area (Å²) in [5.74, 6) is 0. The van der Waals surface area contributed by atoms with Gasteiger partial charge in [0, 0.05) is 31.3 Å². The highest BCUT2D eigenvalue weighted by molar-refractivity contribution is 5.38. The molecule has 1 aromatic rings. The van der Waals surface area contributed by atoms with Crippen molar-refractivity contribution in [3.8, 4) is 0 Å². The van der Waals surface area contributed by atoms with Gasteiger partial charge in [0.2, 0.25) is 0 Å². The quantitative estimate of drug-likeness (QED) is 0.634. The lowest BCUT2D eigenvalue weighted by Gasteiger charge is -1.98. The second-order valence-corrected chi connectivity index (χ2v) is 2.72. The van der Waals surface area contributed by atoms with E-state index in [1.54, 1.807) is 0 Å². The summed E-state index contributed by atoms with van der Waals surface area (Å²) in [6, 6.07) is 4.10. The maximum absolute atomic E-state index is 5.41. The van der Waals surface area contributed by atoms with Gasteiger partial charge in [0.1, 0.15) is 6.54 Å². The molecule has 3 heteroatoms. The zero-order chi connectivity index (χ0) is 8.81. The third kappa shape index (κ3) is 2.51. The Kier molecular flexibility index (Phi) is 3.54. The molecule has 3 nitrogen and oxygen atoms in total. The smallest absolute Gasteiger partial charge is 0.170 e. The molecule has 0 atom stereocenters. The normalized spacial score (nSPS) is 9.83. The van der Waals surface area contributed by atoms with Crippen molar-refractivity contribution in [1.82, 2.24) is 0 Å². The molecule has 0 bridgehead atoms. The third-order valence-corrected chi connectivity index (χ3v) is 1.80. The summed E-state index contributed by atoms with van der Waals surface area (Å²) >= 11 is 0. The molecule has 0 saturated carbocycles. The van der Waals surface area contributed by atoms with Crippen LogP contribution in [-0.4, -0.2) is 13.6 Å². The van der Waals surface area contributed by atoms with Crippen LogP contribution in [0.5, 0.6) is 0 Å². The molecule has 0 unspecified atom stereocenters. The SMILES string of the molecule is CNc1cc[n+](CCCN)cc1. The minimum Gasteiger partial charge on any atom is -0.388 e. The fourth-order valence-corrected chi connectivity index (χ4v) is 1.05. The molecule has 66 valence electrons. The Balaban J connectivity index is 2.53. The van der Waals surface area contributed by atoms with Gasteiger partial charge >= 0.3 is 0 Å². The first-order valence-electron chi connectivity index (χ1n) is 4.23. The van der Waals surface area contributed by atoms with Crippen LogP contribution in [0.25, 0.3) is 0 Å². The number of aromatic nitrogens is 1. The maximum atomic E-state index is 5.41. The Hall–Kier alpha value is -1.09. The molecular weight excluding hydrogens is 150 g/mol. The molecule has 0 aliphatic rings. The number of hydrogen-bond acceptors (Lipinski definition) is 2. The molecule has 1 rings (SSSR count). The first kappa shape index (κ1) is 9.00. The van der Waals surface area contributed by atoms with E-state index in [0.717, 1.165) is 25.2 Å². The molecule has 1 aromatic heterocycles. The number of nitrogens with one attached hydrogen (secondary N) is 1. The second-order valence-electron chi connectivity index (χ2n) is 2.72. The van der Waals surface area contributed by atoms with Crippen molar-refractivity contribution < 1.29 is 4.57 Å². The van der Waals surface area contributed by atoms with Crippen LogP contribution in [0.3, 0.4) is 0 Å². The van der Waals surface area contributed by atoms with Crippen LogP contribution in [-0.2, 0) is 6.54 Å². The average Bonchev–Trinajstić information content (AvgIpc) is 2.15. The van der Waals surface area contributed by atoms with E-state index < -0.39 is 0 Å². The molecule has 12 heavy (non-hydrogen) atoms. The maximum Gasteiger partial charge on any atom is 0.170 e. The zero-order valence-corrected chi connectivity index (χ0v) is 7.46. The Bertz CT molecular complexity index is 218. The summed E-state index contributed by atoms with van der Waals surface area (Å²) in [6.07, 6.45) is 5.15. The van der Waals surface area contributed by atoms with Crippen LogP contribution in [0.4, 0.5) is 5.69 Å². The van der Waals surface area contributed by atoms with E-state index in [1.165, 1.54) is 0 Å². The van der Waals surface area contributed by atoms with Crippen LogP contribution in [0, 0.1) is 0 Å². The van der Waals surface area contributed by atoms with Crippen molar-refractivity contribution in [2.75, 3.05) is 18.9 Å². The van der Waals surface area contributed by atoms with Crippen molar-refractivity contribution in [1.29, 1.82) is 0 Å². The lowest BCUT2D eigenvalue weighted by molar-refractivity contribution is -0.697. The monoisotopic (exact) mass is 166 g/mol. The van der Waals surface area contributed by atoms with E-state index in [-0.39, 0.29) is 0 Å². The Labute approximate surface area is 73.2 Å². The first-order valence-corrected chi connectivity index (χ1v) is 4.23. The number of nitrogens with zero attached hydrogens (tertiary/aromatic N) is 1. The predicted octanol–water partition coefficient (Wildman–Crippen LogP) is 0.365. The zero-order valence-electron chi connectivity index (χ0n) is 7.46. The minimum absolute atomic E-state index is 0.751. The molecule has 0 saturated heterocycles. The lowest BCUT2D eigenvalue weighted by atomic mass is 10.3. The van der Waals surface area contributed by atoms with Crippen molar-refractivity contribution in [2.24, 2.45) is 5.73 Å². The summed E-state index contributed by atoms with van der Waals surface area (Å²) in [5.41, 5.74) is 6.54. The molecular formula is C9H16N3+. The molecule has 0 fully saturated rings. The van der Waals surface area contributed by atoms with Gasteiger partial charge in [0.25, 0.3) is 0 Å². The van der Waals surface area contributed by atoms with Crippen LogP contribution in [0.1, 0.15) is 6.42 Å². The highest BCUT2D eigenvalue weighted by Gasteiger charge is 1.97. The molecule has 0 aliphatic heterocycles. The van der Waals surface area contributed by atoms with Gasteiger partial charge in [0.05, 0.1) is 0 Å². The largest absolute Gasteiger partial charge is 0.388 e. The van der Waals surface area contributed by atoms with E-state index in [4.69, 9.17) is 5.73 Å². The molecule has 3 N–H and O–H groups in total. The number of hydrogen-bond donors (Lipinski definition) is 2. The van der Waals surface area contributed by atoms with Gasteiger partial charge in [0.15, 0.2) is 12.4 Å². The molecule has 0 aromatic carbocycles. The molecule has 0 radical (unpaired) electrons. The summed E-state index contributed by atoms with van der Waals surface area (Å²) in [6.45, 7) is 1.75. The second kappa shape index (κ2) is 4.72. The highest BCUT2D eigenvalue weighted by atomic mass is 14.9. The fourth-order valence-electron chi connectivity index (χ4n) is 1.05. The summed E-state index contributed by atoms with van der Waals surface area (Å²) < 4.78 is 2.13. The molecule has 0 aliphatic carbocycles. The van der Waals surface area contributed by atoms with Crippen LogP contribution >= 0.6 is 0 Å². The van der Waals surface area contributed by atoms with Crippen molar-refractivity contribution in [3.63, 3.8) is 0 Å². The van der Waals surface area contributed by atoms with Crippen molar-refractivity contribution in [3.05, 3.63) is 24.5 Å². The van der Waals surface area contributed by atoms with Crippen LogP contribution in [0.15, 0.2) is 24.5 Å².